The quantitative estimate of drug-likeness (QED) is 0.346. The molecule has 9 heteroatoms. The van der Waals surface area contributed by atoms with Crippen LogP contribution in [0.2, 0.25) is 0 Å². The van der Waals surface area contributed by atoms with Crippen molar-refractivity contribution in [2.24, 2.45) is 20.5 Å². The molecule has 3 aromatic rings. The van der Waals surface area contributed by atoms with E-state index >= 15 is 0 Å². The molecule has 0 saturated carbocycles. The van der Waals surface area contributed by atoms with Crippen LogP contribution >= 0.6 is 0 Å². The summed E-state index contributed by atoms with van der Waals surface area (Å²) in [6, 6.07) is 18.2. The predicted octanol–water partition coefficient (Wildman–Crippen LogP) is 6.47. The Balaban J connectivity index is 1.73. The van der Waals surface area contributed by atoms with Gasteiger partial charge in [-0.3, -0.25) is 4.55 Å². The average molecular weight is 424 g/mol. The highest BCUT2D eigenvalue weighted by atomic mass is 32.2. The Hall–Kier alpha value is -3.43. The molecule has 0 heterocycles. The number of azo groups is 2. The van der Waals surface area contributed by atoms with Gasteiger partial charge < -0.3 is 4.74 Å². The van der Waals surface area contributed by atoms with Gasteiger partial charge in [0, 0.05) is 0 Å². The normalized spacial score (nSPS) is 12.0. The number of ether oxygens (including phenoxy) is 1. The lowest BCUT2D eigenvalue weighted by molar-refractivity contribution is 0.340. The highest BCUT2D eigenvalue weighted by Gasteiger charge is 2.09. The molecule has 3 aromatic carbocycles. The third kappa shape index (κ3) is 5.79. The number of benzene rings is 3. The molecule has 0 aliphatic heterocycles. The minimum absolute atomic E-state index is 0.236. The van der Waals surface area contributed by atoms with E-state index in [0.29, 0.717) is 29.4 Å². The summed E-state index contributed by atoms with van der Waals surface area (Å²) in [4.78, 5) is -0.236. The van der Waals surface area contributed by atoms with Crippen LogP contribution in [0.1, 0.15) is 12.5 Å². The lowest BCUT2D eigenvalue weighted by atomic mass is 10.2. The molecule has 0 aromatic heterocycles. The number of hydrogen-bond acceptors (Lipinski definition) is 7. The van der Waals surface area contributed by atoms with Crippen LogP contribution in [0.15, 0.2) is 92.1 Å². The summed E-state index contributed by atoms with van der Waals surface area (Å²) in [6.45, 7) is 4.41. The summed E-state index contributed by atoms with van der Waals surface area (Å²) in [7, 11) is -4.29. The first-order valence-electron chi connectivity index (χ1n) is 9.10. The zero-order valence-corrected chi connectivity index (χ0v) is 17.2. The third-order valence-corrected chi connectivity index (χ3v) is 4.85. The van der Waals surface area contributed by atoms with Gasteiger partial charge in [0.2, 0.25) is 0 Å². The molecule has 0 aliphatic rings. The lowest BCUT2D eigenvalue weighted by Gasteiger charge is -2.02. The molecular formula is C21H20N4O4S. The van der Waals surface area contributed by atoms with Gasteiger partial charge in [0.25, 0.3) is 10.1 Å². The smallest absolute Gasteiger partial charge is 0.294 e. The maximum Gasteiger partial charge on any atom is 0.294 e. The van der Waals surface area contributed by atoms with E-state index in [1.165, 1.54) is 18.2 Å². The first kappa shape index (κ1) is 21.3. The molecule has 0 spiro atoms. The van der Waals surface area contributed by atoms with Gasteiger partial charge in [0.05, 0.1) is 34.3 Å². The van der Waals surface area contributed by atoms with E-state index in [0.717, 1.165) is 11.3 Å². The second-order valence-electron chi connectivity index (χ2n) is 6.27. The summed E-state index contributed by atoms with van der Waals surface area (Å²) in [5.74, 6) is 0.782. The molecule has 0 unspecified atom stereocenters. The van der Waals surface area contributed by atoms with Crippen LogP contribution in [0, 0.1) is 6.92 Å². The van der Waals surface area contributed by atoms with Crippen LogP contribution in [0.5, 0.6) is 5.75 Å². The standard InChI is InChI=1S/C21H20N4O4S/c1-3-29-19-10-7-16(8-11-19)22-25-21-12-9-18(13-15(21)2)24-23-17-5-4-6-20(14-17)30(26,27)28/h4-14H,3H2,1-2H3,(H,26,27,28). The molecule has 0 amide bonds. The molecule has 154 valence electrons. The topological polar surface area (TPSA) is 113 Å². The third-order valence-electron chi connectivity index (χ3n) is 4.00. The van der Waals surface area contributed by atoms with Crippen molar-refractivity contribution in [1.29, 1.82) is 0 Å². The number of aryl methyl sites for hydroxylation is 1. The highest BCUT2D eigenvalue weighted by molar-refractivity contribution is 7.85. The molecule has 0 bridgehead atoms. The van der Waals surface area contributed by atoms with Crippen molar-refractivity contribution in [2.75, 3.05) is 6.61 Å². The Kier molecular flexibility index (Phi) is 6.65. The van der Waals surface area contributed by atoms with Crippen molar-refractivity contribution in [1.82, 2.24) is 0 Å². The highest BCUT2D eigenvalue weighted by Crippen LogP contribution is 2.28. The second-order valence-corrected chi connectivity index (χ2v) is 7.69. The Morgan fingerprint density at radius 1 is 0.833 bits per heavy atom. The number of nitrogens with zero attached hydrogens (tertiary/aromatic N) is 4. The molecule has 8 nitrogen and oxygen atoms in total. The molecule has 0 radical (unpaired) electrons. The van der Waals surface area contributed by atoms with E-state index in [1.807, 2.05) is 38.1 Å². The van der Waals surface area contributed by atoms with Gasteiger partial charge >= 0.3 is 0 Å². The summed E-state index contributed by atoms with van der Waals surface area (Å²) in [6.07, 6.45) is 0. The molecule has 30 heavy (non-hydrogen) atoms. The average Bonchev–Trinajstić information content (AvgIpc) is 2.72. The second kappa shape index (κ2) is 9.38. The largest absolute Gasteiger partial charge is 0.494 e. The molecule has 0 aliphatic carbocycles. The van der Waals surface area contributed by atoms with E-state index < -0.39 is 10.1 Å². The van der Waals surface area contributed by atoms with Crippen molar-refractivity contribution in [3.8, 4) is 5.75 Å². The molecule has 3 rings (SSSR count). The van der Waals surface area contributed by atoms with Crippen molar-refractivity contribution < 1.29 is 17.7 Å². The molecule has 0 saturated heterocycles. The van der Waals surface area contributed by atoms with E-state index in [1.54, 1.807) is 24.3 Å². The maximum absolute atomic E-state index is 11.2. The van der Waals surface area contributed by atoms with Gasteiger partial charge in [-0.05, 0) is 80.1 Å². The van der Waals surface area contributed by atoms with Gasteiger partial charge in [-0.25, -0.2) is 0 Å². The van der Waals surface area contributed by atoms with Gasteiger partial charge in [0.15, 0.2) is 0 Å². The maximum atomic E-state index is 11.2. The Labute approximate surface area is 174 Å². The first-order chi connectivity index (χ1) is 14.3. The zero-order valence-electron chi connectivity index (χ0n) is 16.4. The summed E-state index contributed by atoms with van der Waals surface area (Å²) >= 11 is 0. The van der Waals surface area contributed by atoms with E-state index in [4.69, 9.17) is 9.29 Å². The van der Waals surface area contributed by atoms with E-state index in [-0.39, 0.29) is 4.90 Å². The summed E-state index contributed by atoms with van der Waals surface area (Å²) in [5.41, 5.74) is 3.14. The monoisotopic (exact) mass is 424 g/mol. The van der Waals surface area contributed by atoms with Crippen molar-refractivity contribution in [3.05, 3.63) is 72.3 Å². The number of rotatable bonds is 7. The van der Waals surface area contributed by atoms with E-state index in [9.17, 15) is 8.42 Å². The van der Waals surface area contributed by atoms with Crippen LogP contribution in [0.3, 0.4) is 0 Å². The fourth-order valence-electron chi connectivity index (χ4n) is 2.52. The van der Waals surface area contributed by atoms with Gasteiger partial charge in [-0.2, -0.15) is 28.9 Å². The van der Waals surface area contributed by atoms with Gasteiger partial charge in [0.1, 0.15) is 5.75 Å². The fourth-order valence-corrected chi connectivity index (χ4v) is 3.04. The molecule has 1 N–H and O–H groups in total. The van der Waals surface area contributed by atoms with E-state index in [2.05, 4.69) is 20.5 Å². The SMILES string of the molecule is CCOc1ccc(N=Nc2ccc(N=Nc3cccc(S(=O)(=O)O)c3)cc2C)cc1. The molecule has 0 atom stereocenters. The van der Waals surface area contributed by atoms with Crippen LogP contribution in [-0.2, 0) is 10.1 Å². The predicted molar refractivity (Wildman–Crippen MR) is 113 cm³/mol. The minimum atomic E-state index is -4.29. The van der Waals surface area contributed by atoms with Crippen molar-refractivity contribution in [2.45, 2.75) is 18.7 Å². The fraction of sp³-hybridized carbons (Fsp3) is 0.143. The lowest BCUT2D eigenvalue weighted by Crippen LogP contribution is -1.96. The van der Waals surface area contributed by atoms with Crippen LogP contribution in [0.4, 0.5) is 22.7 Å². The van der Waals surface area contributed by atoms with Crippen LogP contribution in [-0.4, -0.2) is 19.6 Å². The zero-order chi connectivity index (χ0) is 21.6. The molecular weight excluding hydrogens is 404 g/mol. The van der Waals surface area contributed by atoms with Gasteiger partial charge in [-0.15, -0.1) is 0 Å². The van der Waals surface area contributed by atoms with Crippen molar-refractivity contribution >= 4 is 32.9 Å². The Morgan fingerprint density at radius 3 is 2.10 bits per heavy atom. The van der Waals surface area contributed by atoms with Crippen LogP contribution in [0.25, 0.3) is 0 Å². The summed E-state index contributed by atoms with van der Waals surface area (Å²) in [5, 5.41) is 16.6. The Bertz CT molecular complexity index is 1190. The van der Waals surface area contributed by atoms with Crippen LogP contribution < -0.4 is 4.74 Å². The van der Waals surface area contributed by atoms with Crippen molar-refractivity contribution in [3.63, 3.8) is 0 Å². The Morgan fingerprint density at radius 2 is 1.47 bits per heavy atom. The minimum Gasteiger partial charge on any atom is -0.494 e. The summed E-state index contributed by atoms with van der Waals surface area (Å²) < 4.78 is 36.9. The number of hydrogen-bond donors (Lipinski definition) is 1. The van der Waals surface area contributed by atoms with Gasteiger partial charge in [-0.1, -0.05) is 6.07 Å². The first-order valence-corrected chi connectivity index (χ1v) is 10.5. The molecule has 0 fully saturated rings.